The molecule has 0 unspecified atom stereocenters. The Bertz CT molecular complexity index is 966. The molecule has 0 saturated carbocycles. The number of rotatable bonds is 9. The SMILES string of the molecule is CCC(CC)c1cc(CNC(=NC)NCc2ccc(S(=O)(=O)N3CCCC3)cc2)on1.I. The zero-order chi connectivity index (χ0) is 22.3. The molecule has 0 atom stereocenters. The maximum absolute atomic E-state index is 12.6. The van der Waals surface area contributed by atoms with E-state index in [1.165, 1.54) is 0 Å². The maximum atomic E-state index is 12.6. The molecule has 0 bridgehead atoms. The molecule has 178 valence electrons. The molecule has 1 saturated heterocycles. The number of nitrogens with one attached hydrogen (secondary N) is 2. The van der Waals surface area contributed by atoms with Gasteiger partial charge < -0.3 is 15.2 Å². The van der Waals surface area contributed by atoms with E-state index in [9.17, 15) is 8.42 Å². The highest BCUT2D eigenvalue weighted by atomic mass is 127. The van der Waals surface area contributed by atoms with Crippen LogP contribution in [0.25, 0.3) is 0 Å². The van der Waals surface area contributed by atoms with Gasteiger partial charge in [-0.2, -0.15) is 4.31 Å². The van der Waals surface area contributed by atoms with Gasteiger partial charge in [-0.3, -0.25) is 4.99 Å². The summed E-state index contributed by atoms with van der Waals surface area (Å²) in [4.78, 5) is 4.58. The minimum Gasteiger partial charge on any atom is -0.359 e. The standard InChI is InChI=1S/C22H33N5O3S.HI/c1-4-18(5-2)21-14-19(30-26-21)16-25-22(23-3)24-15-17-8-10-20(11-9-17)31(28,29)27-12-6-7-13-27;/h8-11,14,18H,4-7,12-13,15-16H2,1-3H3,(H2,23,24,25);1H. The highest BCUT2D eigenvalue weighted by Gasteiger charge is 2.26. The monoisotopic (exact) mass is 575 g/mol. The highest BCUT2D eigenvalue weighted by molar-refractivity contribution is 14.0. The predicted molar refractivity (Wildman–Crippen MR) is 137 cm³/mol. The molecule has 2 heterocycles. The quantitative estimate of drug-likeness (QED) is 0.268. The van der Waals surface area contributed by atoms with Crippen LogP contribution in [0.15, 0.2) is 44.7 Å². The number of guanidine groups is 1. The molecule has 8 nitrogen and oxygen atoms in total. The van der Waals surface area contributed by atoms with Gasteiger partial charge in [0.05, 0.1) is 17.1 Å². The van der Waals surface area contributed by atoms with Gasteiger partial charge in [0, 0.05) is 38.7 Å². The minimum atomic E-state index is -3.38. The number of hydrogen-bond donors (Lipinski definition) is 2. The topological polar surface area (TPSA) is 99.8 Å². The number of aliphatic imine (C=N–C) groups is 1. The van der Waals surface area contributed by atoms with Crippen molar-refractivity contribution in [2.45, 2.75) is 63.4 Å². The van der Waals surface area contributed by atoms with Crippen LogP contribution in [0, 0.1) is 0 Å². The summed E-state index contributed by atoms with van der Waals surface area (Å²) in [6.45, 7) is 6.54. The molecule has 3 rings (SSSR count). The van der Waals surface area contributed by atoms with Crippen molar-refractivity contribution >= 4 is 40.0 Å². The fourth-order valence-electron chi connectivity index (χ4n) is 3.75. The molecule has 0 spiro atoms. The lowest BCUT2D eigenvalue weighted by Crippen LogP contribution is -2.36. The van der Waals surface area contributed by atoms with E-state index in [1.807, 2.05) is 18.2 Å². The number of aromatic nitrogens is 1. The Labute approximate surface area is 208 Å². The Morgan fingerprint density at radius 1 is 1.12 bits per heavy atom. The van der Waals surface area contributed by atoms with E-state index in [1.54, 1.807) is 23.5 Å². The zero-order valence-electron chi connectivity index (χ0n) is 19.0. The molecular weight excluding hydrogens is 541 g/mol. The maximum Gasteiger partial charge on any atom is 0.243 e. The lowest BCUT2D eigenvalue weighted by Gasteiger charge is -2.16. The van der Waals surface area contributed by atoms with Crippen LogP contribution in [-0.2, 0) is 23.1 Å². The highest BCUT2D eigenvalue weighted by Crippen LogP contribution is 2.22. The summed E-state index contributed by atoms with van der Waals surface area (Å²) in [5.41, 5.74) is 1.97. The molecule has 0 radical (unpaired) electrons. The number of nitrogens with zero attached hydrogens (tertiary/aromatic N) is 3. The summed E-state index contributed by atoms with van der Waals surface area (Å²) in [5, 5.41) is 10.6. The van der Waals surface area contributed by atoms with Crippen LogP contribution >= 0.6 is 24.0 Å². The Balaban J connectivity index is 0.00000363. The summed E-state index contributed by atoms with van der Waals surface area (Å²) in [6, 6.07) is 9.02. The molecule has 1 aliphatic heterocycles. The van der Waals surface area contributed by atoms with Gasteiger partial charge in [-0.1, -0.05) is 31.1 Å². The third kappa shape index (κ3) is 6.67. The van der Waals surface area contributed by atoms with Crippen LogP contribution in [0.1, 0.15) is 62.5 Å². The Kier molecular flexibility index (Phi) is 10.4. The number of sulfonamides is 1. The summed E-state index contributed by atoms with van der Waals surface area (Å²) < 4.78 is 32.3. The lowest BCUT2D eigenvalue weighted by molar-refractivity contribution is 0.368. The third-order valence-electron chi connectivity index (χ3n) is 5.72. The normalized spacial score (nSPS) is 15.1. The largest absolute Gasteiger partial charge is 0.359 e. The zero-order valence-corrected chi connectivity index (χ0v) is 22.2. The first-order valence-electron chi connectivity index (χ1n) is 11.0. The summed E-state index contributed by atoms with van der Waals surface area (Å²) in [5.74, 6) is 1.82. The van der Waals surface area contributed by atoms with Gasteiger partial charge in [0.2, 0.25) is 10.0 Å². The van der Waals surface area contributed by atoms with E-state index in [0.717, 1.165) is 42.7 Å². The van der Waals surface area contributed by atoms with Crippen LogP contribution in [0.3, 0.4) is 0 Å². The van der Waals surface area contributed by atoms with Crippen LogP contribution in [0.4, 0.5) is 0 Å². The van der Waals surface area contributed by atoms with Gasteiger partial charge in [0.15, 0.2) is 11.7 Å². The molecule has 1 fully saturated rings. The Hall–Kier alpha value is -1.66. The van der Waals surface area contributed by atoms with Crippen LogP contribution in [0.2, 0.25) is 0 Å². The minimum absolute atomic E-state index is 0. The lowest BCUT2D eigenvalue weighted by atomic mass is 9.99. The van der Waals surface area contributed by atoms with E-state index in [0.29, 0.717) is 43.0 Å². The second-order valence-corrected chi connectivity index (χ2v) is 9.70. The van der Waals surface area contributed by atoms with E-state index in [-0.39, 0.29) is 24.0 Å². The van der Waals surface area contributed by atoms with Crippen molar-refractivity contribution in [2.75, 3.05) is 20.1 Å². The van der Waals surface area contributed by atoms with E-state index < -0.39 is 10.0 Å². The van der Waals surface area contributed by atoms with E-state index in [4.69, 9.17) is 4.52 Å². The van der Waals surface area contributed by atoms with Gasteiger partial charge in [-0.15, -0.1) is 24.0 Å². The molecule has 1 aromatic carbocycles. The average molecular weight is 576 g/mol. The first-order valence-corrected chi connectivity index (χ1v) is 12.4. The van der Waals surface area contributed by atoms with E-state index in [2.05, 4.69) is 34.6 Å². The Morgan fingerprint density at radius 3 is 2.34 bits per heavy atom. The van der Waals surface area contributed by atoms with Crippen molar-refractivity contribution in [3.05, 3.63) is 47.3 Å². The van der Waals surface area contributed by atoms with Gasteiger partial charge >= 0.3 is 0 Å². The predicted octanol–water partition coefficient (Wildman–Crippen LogP) is 3.85. The molecule has 1 aliphatic rings. The van der Waals surface area contributed by atoms with Crippen molar-refractivity contribution in [3.63, 3.8) is 0 Å². The number of benzene rings is 1. The average Bonchev–Trinajstić information content (AvgIpc) is 3.48. The first kappa shape index (κ1) is 26.6. The fourth-order valence-corrected chi connectivity index (χ4v) is 5.26. The van der Waals surface area contributed by atoms with Crippen molar-refractivity contribution in [2.24, 2.45) is 4.99 Å². The number of halogens is 1. The number of hydrogen-bond acceptors (Lipinski definition) is 5. The van der Waals surface area contributed by atoms with E-state index >= 15 is 0 Å². The molecule has 10 heteroatoms. The fraction of sp³-hybridized carbons (Fsp3) is 0.545. The summed E-state index contributed by atoms with van der Waals surface area (Å²) in [7, 11) is -1.67. The van der Waals surface area contributed by atoms with Crippen molar-refractivity contribution in [1.29, 1.82) is 0 Å². The smallest absolute Gasteiger partial charge is 0.243 e. The molecule has 1 aromatic heterocycles. The molecule has 2 N–H and O–H groups in total. The van der Waals surface area contributed by atoms with Gasteiger partial charge in [0.1, 0.15) is 0 Å². The van der Waals surface area contributed by atoms with Gasteiger partial charge in [-0.05, 0) is 43.4 Å². The van der Waals surface area contributed by atoms with Crippen LogP contribution in [-0.4, -0.2) is 44.0 Å². The molecule has 32 heavy (non-hydrogen) atoms. The van der Waals surface area contributed by atoms with Crippen LogP contribution in [0.5, 0.6) is 0 Å². The first-order chi connectivity index (χ1) is 15.0. The van der Waals surface area contributed by atoms with Crippen molar-refractivity contribution in [3.8, 4) is 0 Å². The second kappa shape index (κ2) is 12.5. The molecule has 0 amide bonds. The molecule has 0 aliphatic carbocycles. The second-order valence-electron chi connectivity index (χ2n) is 7.77. The van der Waals surface area contributed by atoms with Gasteiger partial charge in [-0.25, -0.2) is 8.42 Å². The summed E-state index contributed by atoms with van der Waals surface area (Å²) >= 11 is 0. The summed E-state index contributed by atoms with van der Waals surface area (Å²) in [6.07, 6.45) is 3.94. The third-order valence-corrected chi connectivity index (χ3v) is 7.63. The van der Waals surface area contributed by atoms with Crippen LogP contribution < -0.4 is 10.6 Å². The van der Waals surface area contributed by atoms with Gasteiger partial charge in [0.25, 0.3) is 0 Å². The molecule has 2 aromatic rings. The van der Waals surface area contributed by atoms with Crippen molar-refractivity contribution < 1.29 is 12.9 Å². The Morgan fingerprint density at radius 2 is 1.75 bits per heavy atom. The molecular formula is C22H34IN5O3S. The van der Waals surface area contributed by atoms with Crippen molar-refractivity contribution in [1.82, 2.24) is 20.1 Å².